The highest BCUT2D eigenvalue weighted by molar-refractivity contribution is 5.89. The second-order valence-electron chi connectivity index (χ2n) is 6.63. The molecule has 5 nitrogen and oxygen atoms in total. The van der Waals surface area contributed by atoms with Gasteiger partial charge in [-0.3, -0.25) is 4.90 Å². The lowest BCUT2D eigenvalue weighted by molar-refractivity contribution is -0.137. The maximum Gasteiger partial charge on any atom is 0.416 e. The van der Waals surface area contributed by atoms with Crippen LogP contribution in [0.5, 0.6) is 0 Å². The third kappa shape index (κ3) is 5.91. The summed E-state index contributed by atoms with van der Waals surface area (Å²) < 4.78 is 57.1. The van der Waals surface area contributed by atoms with Gasteiger partial charge in [-0.2, -0.15) is 13.2 Å². The van der Waals surface area contributed by atoms with E-state index in [0.717, 1.165) is 17.7 Å². The summed E-state index contributed by atoms with van der Waals surface area (Å²) in [7, 11) is 0. The van der Waals surface area contributed by atoms with Gasteiger partial charge in [-0.15, -0.1) is 0 Å². The molecule has 1 atom stereocenters. The quantitative estimate of drug-likeness (QED) is 0.731. The van der Waals surface area contributed by atoms with Crippen LogP contribution in [0.25, 0.3) is 0 Å². The number of urea groups is 1. The Kier molecular flexibility index (Phi) is 6.71. The van der Waals surface area contributed by atoms with Crippen molar-refractivity contribution in [3.8, 4) is 0 Å². The fourth-order valence-electron chi connectivity index (χ4n) is 3.17. The van der Waals surface area contributed by atoms with Crippen molar-refractivity contribution in [2.24, 2.45) is 0 Å². The molecule has 0 bridgehead atoms. The van der Waals surface area contributed by atoms with E-state index in [0.29, 0.717) is 26.3 Å². The number of halogens is 4. The minimum Gasteiger partial charge on any atom is -0.379 e. The Morgan fingerprint density at radius 2 is 1.79 bits per heavy atom. The summed E-state index contributed by atoms with van der Waals surface area (Å²) in [4.78, 5) is 14.4. The minimum absolute atomic E-state index is 0.0435. The maximum atomic E-state index is 13.3. The molecule has 1 aliphatic heterocycles. The average molecular weight is 411 g/mol. The van der Waals surface area contributed by atoms with Gasteiger partial charge in [0.1, 0.15) is 5.82 Å². The number of ether oxygens (including phenoxy) is 1. The maximum absolute atomic E-state index is 13.3. The molecule has 0 spiro atoms. The SMILES string of the molecule is O=C(NCC(c1ccc(F)cc1)N1CCOCC1)Nc1cccc(C(F)(F)F)c1. The van der Waals surface area contributed by atoms with Crippen LogP contribution in [0.3, 0.4) is 0 Å². The van der Waals surface area contributed by atoms with Crippen LogP contribution in [0.2, 0.25) is 0 Å². The number of amides is 2. The normalized spacial score (nSPS) is 16.3. The molecule has 1 saturated heterocycles. The predicted octanol–water partition coefficient (Wildman–Crippen LogP) is 4.04. The van der Waals surface area contributed by atoms with Gasteiger partial charge in [0.2, 0.25) is 0 Å². The van der Waals surface area contributed by atoms with Gasteiger partial charge >= 0.3 is 12.2 Å². The minimum atomic E-state index is -4.49. The van der Waals surface area contributed by atoms with Gasteiger partial charge in [0.05, 0.1) is 24.8 Å². The first-order valence-corrected chi connectivity index (χ1v) is 9.12. The van der Waals surface area contributed by atoms with Crippen LogP contribution >= 0.6 is 0 Å². The molecular weight excluding hydrogens is 390 g/mol. The molecule has 2 aromatic carbocycles. The van der Waals surface area contributed by atoms with E-state index in [2.05, 4.69) is 15.5 Å². The van der Waals surface area contributed by atoms with Crippen LogP contribution in [0.1, 0.15) is 17.2 Å². The Hall–Kier alpha value is -2.65. The molecule has 3 rings (SSSR count). The first-order valence-electron chi connectivity index (χ1n) is 9.12. The molecule has 0 saturated carbocycles. The molecule has 9 heteroatoms. The highest BCUT2D eigenvalue weighted by atomic mass is 19.4. The van der Waals surface area contributed by atoms with E-state index in [1.807, 2.05) is 0 Å². The summed E-state index contributed by atoms with van der Waals surface area (Å²) in [6, 6.07) is 9.60. The average Bonchev–Trinajstić information content (AvgIpc) is 2.70. The van der Waals surface area contributed by atoms with Crippen LogP contribution in [0.15, 0.2) is 48.5 Å². The summed E-state index contributed by atoms with van der Waals surface area (Å²) in [6.45, 7) is 2.61. The van der Waals surface area contributed by atoms with Crippen molar-refractivity contribution >= 4 is 11.7 Å². The van der Waals surface area contributed by atoms with E-state index in [4.69, 9.17) is 4.74 Å². The molecule has 0 aromatic heterocycles. The van der Waals surface area contributed by atoms with Gasteiger partial charge in [-0.25, -0.2) is 9.18 Å². The molecular formula is C20H21F4N3O2. The summed E-state index contributed by atoms with van der Waals surface area (Å²) in [5.41, 5.74) is 0.0301. The van der Waals surface area contributed by atoms with E-state index in [1.54, 1.807) is 12.1 Å². The summed E-state index contributed by atoms with van der Waals surface area (Å²) in [5, 5.41) is 5.11. The molecule has 0 radical (unpaired) electrons. The molecule has 1 unspecified atom stereocenters. The molecule has 156 valence electrons. The zero-order chi connectivity index (χ0) is 20.9. The number of carbonyl (C=O) groups is 1. The number of benzene rings is 2. The van der Waals surface area contributed by atoms with Crippen LogP contribution in [-0.4, -0.2) is 43.8 Å². The standard InChI is InChI=1S/C20H21F4N3O2/c21-16-6-4-14(5-7-16)18(27-8-10-29-11-9-27)13-25-19(28)26-17-3-1-2-15(12-17)20(22,23)24/h1-7,12,18H,8-11,13H2,(H2,25,26,28). The Morgan fingerprint density at radius 3 is 2.45 bits per heavy atom. The lowest BCUT2D eigenvalue weighted by Gasteiger charge is -2.35. The number of carbonyl (C=O) groups excluding carboxylic acids is 1. The number of nitrogens with zero attached hydrogens (tertiary/aromatic N) is 1. The van der Waals surface area contributed by atoms with Crippen molar-refractivity contribution in [1.82, 2.24) is 10.2 Å². The second-order valence-corrected chi connectivity index (χ2v) is 6.63. The van der Waals surface area contributed by atoms with Gasteiger partial charge in [0.15, 0.2) is 0 Å². The third-order valence-electron chi connectivity index (χ3n) is 4.64. The van der Waals surface area contributed by atoms with Crippen molar-refractivity contribution in [3.63, 3.8) is 0 Å². The smallest absolute Gasteiger partial charge is 0.379 e. The number of hydrogen-bond acceptors (Lipinski definition) is 3. The number of rotatable bonds is 5. The number of nitrogens with one attached hydrogen (secondary N) is 2. The fourth-order valence-corrected chi connectivity index (χ4v) is 3.17. The lowest BCUT2D eigenvalue weighted by atomic mass is 10.0. The van der Waals surface area contributed by atoms with Crippen molar-refractivity contribution in [3.05, 3.63) is 65.5 Å². The summed E-state index contributed by atoms with van der Waals surface area (Å²) in [6.07, 6.45) is -4.49. The number of anilines is 1. The Morgan fingerprint density at radius 1 is 1.10 bits per heavy atom. The summed E-state index contributed by atoms with van der Waals surface area (Å²) >= 11 is 0. The largest absolute Gasteiger partial charge is 0.416 e. The van der Waals surface area contributed by atoms with E-state index in [-0.39, 0.29) is 24.1 Å². The first kappa shape index (κ1) is 21.1. The lowest BCUT2D eigenvalue weighted by Crippen LogP contribution is -2.44. The topological polar surface area (TPSA) is 53.6 Å². The number of morpholine rings is 1. The van der Waals surface area contributed by atoms with E-state index in [1.165, 1.54) is 24.3 Å². The first-order chi connectivity index (χ1) is 13.8. The molecule has 1 aliphatic rings. The monoisotopic (exact) mass is 411 g/mol. The summed E-state index contributed by atoms with van der Waals surface area (Å²) in [5.74, 6) is -0.357. The zero-order valence-electron chi connectivity index (χ0n) is 15.5. The van der Waals surface area contributed by atoms with Gasteiger partial charge in [0, 0.05) is 25.3 Å². The molecule has 1 fully saturated rings. The Balaban J connectivity index is 1.65. The van der Waals surface area contributed by atoms with Gasteiger partial charge < -0.3 is 15.4 Å². The van der Waals surface area contributed by atoms with Crippen molar-refractivity contribution in [2.75, 3.05) is 38.2 Å². The van der Waals surface area contributed by atoms with Crippen LogP contribution < -0.4 is 10.6 Å². The molecule has 2 amide bonds. The Labute approximate surface area is 165 Å². The van der Waals surface area contributed by atoms with E-state index < -0.39 is 17.8 Å². The van der Waals surface area contributed by atoms with Gasteiger partial charge in [-0.05, 0) is 35.9 Å². The molecule has 2 aromatic rings. The van der Waals surface area contributed by atoms with Crippen molar-refractivity contribution in [1.29, 1.82) is 0 Å². The fraction of sp³-hybridized carbons (Fsp3) is 0.350. The number of hydrogen-bond donors (Lipinski definition) is 2. The molecule has 1 heterocycles. The second kappa shape index (κ2) is 9.23. The zero-order valence-corrected chi connectivity index (χ0v) is 15.5. The molecule has 2 N–H and O–H groups in total. The highest BCUT2D eigenvalue weighted by Crippen LogP contribution is 2.30. The number of alkyl halides is 3. The van der Waals surface area contributed by atoms with Crippen molar-refractivity contribution in [2.45, 2.75) is 12.2 Å². The van der Waals surface area contributed by atoms with Gasteiger partial charge in [-0.1, -0.05) is 18.2 Å². The molecule has 0 aliphatic carbocycles. The third-order valence-corrected chi connectivity index (χ3v) is 4.64. The highest BCUT2D eigenvalue weighted by Gasteiger charge is 2.30. The van der Waals surface area contributed by atoms with Crippen LogP contribution in [-0.2, 0) is 10.9 Å². The van der Waals surface area contributed by atoms with Crippen LogP contribution in [0.4, 0.5) is 28.0 Å². The van der Waals surface area contributed by atoms with E-state index in [9.17, 15) is 22.4 Å². The van der Waals surface area contributed by atoms with Crippen molar-refractivity contribution < 1.29 is 27.1 Å². The van der Waals surface area contributed by atoms with Crippen LogP contribution in [0, 0.1) is 5.82 Å². The van der Waals surface area contributed by atoms with Gasteiger partial charge in [0.25, 0.3) is 0 Å². The Bertz CT molecular complexity index is 821. The molecule has 29 heavy (non-hydrogen) atoms. The van der Waals surface area contributed by atoms with E-state index >= 15 is 0 Å². The predicted molar refractivity (Wildman–Crippen MR) is 100.0 cm³/mol.